The highest BCUT2D eigenvalue weighted by atomic mass is 16.5. The van der Waals surface area contributed by atoms with Crippen molar-refractivity contribution in [1.82, 2.24) is 4.98 Å². The molecular weight excluding hydrogens is 226 g/mol. The highest BCUT2D eigenvalue weighted by Gasteiger charge is 1.99. The highest BCUT2D eigenvalue weighted by Crippen LogP contribution is 2.17. The molecule has 0 spiro atoms. The number of methoxy groups -OCH3 is 1. The Balaban J connectivity index is 2.14. The third-order valence-corrected chi connectivity index (χ3v) is 2.52. The molecule has 2 aromatic rings. The van der Waals surface area contributed by atoms with Gasteiger partial charge in [-0.3, -0.25) is 0 Å². The molecule has 94 valence electrons. The van der Waals surface area contributed by atoms with Crippen molar-refractivity contribution in [2.24, 2.45) is 0 Å². The first-order valence-electron chi connectivity index (χ1n) is 5.81. The molecule has 0 bridgehead atoms. The maximum absolute atomic E-state index is 5.12. The zero-order valence-corrected chi connectivity index (χ0v) is 10.6. The molecule has 0 unspecified atom stereocenters. The lowest BCUT2D eigenvalue weighted by Crippen LogP contribution is -1.98. The number of ether oxygens (including phenoxy) is 1. The molecule has 0 saturated heterocycles. The Hall–Kier alpha value is -2.07. The van der Waals surface area contributed by atoms with Gasteiger partial charge in [-0.05, 0) is 29.8 Å². The van der Waals surface area contributed by atoms with Crippen molar-refractivity contribution in [3.05, 3.63) is 48.0 Å². The number of rotatable bonds is 5. The summed E-state index contributed by atoms with van der Waals surface area (Å²) in [6.07, 6.45) is 0. The molecule has 0 radical (unpaired) electrons. The van der Waals surface area contributed by atoms with Gasteiger partial charge >= 0.3 is 0 Å². The molecule has 0 aliphatic rings. The van der Waals surface area contributed by atoms with Crippen LogP contribution in [0.3, 0.4) is 0 Å². The fourth-order valence-electron chi connectivity index (χ4n) is 1.70. The lowest BCUT2D eigenvalue weighted by Gasteiger charge is -2.08. The van der Waals surface area contributed by atoms with Crippen LogP contribution in [0.15, 0.2) is 42.5 Å². The van der Waals surface area contributed by atoms with Crippen molar-refractivity contribution in [3.8, 4) is 0 Å². The molecule has 2 N–H and O–H groups in total. The number of benzene rings is 1. The van der Waals surface area contributed by atoms with E-state index in [-0.39, 0.29) is 0 Å². The first-order valence-corrected chi connectivity index (χ1v) is 5.81. The molecule has 4 heteroatoms. The zero-order chi connectivity index (χ0) is 12.8. The molecule has 0 saturated carbocycles. The van der Waals surface area contributed by atoms with Gasteiger partial charge in [0.1, 0.15) is 11.6 Å². The number of pyridine rings is 1. The molecule has 0 aliphatic heterocycles. The number of nitrogens with one attached hydrogen (secondary N) is 2. The van der Waals surface area contributed by atoms with Crippen molar-refractivity contribution in [2.75, 3.05) is 24.8 Å². The molecule has 0 atom stereocenters. The second kappa shape index (κ2) is 6.02. The monoisotopic (exact) mass is 243 g/mol. The number of nitrogens with zero attached hydrogens (tertiary/aromatic N) is 1. The summed E-state index contributed by atoms with van der Waals surface area (Å²) in [5, 5.41) is 6.28. The molecule has 18 heavy (non-hydrogen) atoms. The molecule has 0 aliphatic carbocycles. The molecule has 0 amide bonds. The van der Waals surface area contributed by atoms with Crippen LogP contribution in [-0.4, -0.2) is 19.1 Å². The molecular formula is C14H17N3O. The lowest BCUT2D eigenvalue weighted by molar-refractivity contribution is 0.185. The Morgan fingerprint density at radius 3 is 2.67 bits per heavy atom. The van der Waals surface area contributed by atoms with E-state index in [4.69, 9.17) is 4.74 Å². The van der Waals surface area contributed by atoms with E-state index in [0.717, 1.165) is 22.9 Å². The third kappa shape index (κ3) is 3.21. The van der Waals surface area contributed by atoms with E-state index in [1.807, 2.05) is 43.4 Å². The quantitative estimate of drug-likeness (QED) is 0.847. The summed E-state index contributed by atoms with van der Waals surface area (Å²) < 4.78 is 5.12. The van der Waals surface area contributed by atoms with Crippen LogP contribution in [0, 0.1) is 0 Å². The molecule has 0 fully saturated rings. The zero-order valence-electron chi connectivity index (χ0n) is 10.6. The summed E-state index contributed by atoms with van der Waals surface area (Å²) in [5.41, 5.74) is 2.14. The SMILES string of the molecule is CNc1cccc(Nc2cccc(COC)c2)n1. The second-order valence-electron chi connectivity index (χ2n) is 3.92. The van der Waals surface area contributed by atoms with E-state index in [1.165, 1.54) is 0 Å². The van der Waals surface area contributed by atoms with Crippen molar-refractivity contribution < 1.29 is 4.74 Å². The molecule has 1 aromatic carbocycles. The minimum atomic E-state index is 0.611. The van der Waals surface area contributed by atoms with Crippen LogP contribution in [0.2, 0.25) is 0 Å². The molecule has 1 aromatic heterocycles. The lowest BCUT2D eigenvalue weighted by atomic mass is 10.2. The number of aromatic nitrogens is 1. The molecule has 2 rings (SSSR count). The average molecular weight is 243 g/mol. The number of anilines is 3. The Kier molecular flexibility index (Phi) is 4.15. The van der Waals surface area contributed by atoms with Crippen molar-refractivity contribution in [1.29, 1.82) is 0 Å². The number of hydrogen-bond acceptors (Lipinski definition) is 4. The first-order chi connectivity index (χ1) is 8.81. The average Bonchev–Trinajstić information content (AvgIpc) is 2.40. The van der Waals surface area contributed by atoms with E-state index in [9.17, 15) is 0 Å². The first kappa shape index (κ1) is 12.4. The largest absolute Gasteiger partial charge is 0.380 e. The van der Waals surface area contributed by atoms with Gasteiger partial charge in [0.05, 0.1) is 6.61 Å². The standard InChI is InChI=1S/C14H17N3O/c1-15-13-7-4-8-14(17-13)16-12-6-3-5-11(9-12)10-18-2/h3-9H,10H2,1-2H3,(H2,15,16,17). The van der Waals surface area contributed by atoms with Crippen LogP contribution in [0.25, 0.3) is 0 Å². The topological polar surface area (TPSA) is 46.2 Å². The van der Waals surface area contributed by atoms with E-state index in [2.05, 4.69) is 21.7 Å². The Morgan fingerprint density at radius 1 is 1.11 bits per heavy atom. The summed E-state index contributed by atoms with van der Waals surface area (Å²) in [6.45, 7) is 0.611. The molecule has 4 nitrogen and oxygen atoms in total. The van der Waals surface area contributed by atoms with Gasteiger partial charge in [-0.1, -0.05) is 18.2 Å². The number of hydrogen-bond donors (Lipinski definition) is 2. The maximum atomic E-state index is 5.12. The smallest absolute Gasteiger partial charge is 0.132 e. The van der Waals surface area contributed by atoms with E-state index < -0.39 is 0 Å². The van der Waals surface area contributed by atoms with Gasteiger partial charge < -0.3 is 15.4 Å². The molecule has 1 heterocycles. The van der Waals surface area contributed by atoms with E-state index in [0.29, 0.717) is 6.61 Å². The maximum Gasteiger partial charge on any atom is 0.132 e. The van der Waals surface area contributed by atoms with Crippen LogP contribution in [0.5, 0.6) is 0 Å². The van der Waals surface area contributed by atoms with Gasteiger partial charge in [0, 0.05) is 19.8 Å². The third-order valence-electron chi connectivity index (χ3n) is 2.52. The predicted octanol–water partition coefficient (Wildman–Crippen LogP) is 3.01. The van der Waals surface area contributed by atoms with E-state index >= 15 is 0 Å². The minimum absolute atomic E-state index is 0.611. The normalized spacial score (nSPS) is 10.1. The Labute approximate surface area is 107 Å². The second-order valence-corrected chi connectivity index (χ2v) is 3.92. The Morgan fingerprint density at radius 2 is 1.89 bits per heavy atom. The van der Waals surface area contributed by atoms with Gasteiger partial charge in [0.25, 0.3) is 0 Å². The predicted molar refractivity (Wildman–Crippen MR) is 74.2 cm³/mol. The van der Waals surface area contributed by atoms with Gasteiger partial charge in [-0.2, -0.15) is 0 Å². The van der Waals surface area contributed by atoms with Crippen molar-refractivity contribution >= 4 is 17.3 Å². The van der Waals surface area contributed by atoms with Crippen LogP contribution >= 0.6 is 0 Å². The van der Waals surface area contributed by atoms with Crippen LogP contribution < -0.4 is 10.6 Å². The van der Waals surface area contributed by atoms with Gasteiger partial charge in [0.2, 0.25) is 0 Å². The van der Waals surface area contributed by atoms with Crippen LogP contribution in [0.4, 0.5) is 17.3 Å². The highest BCUT2D eigenvalue weighted by molar-refractivity contribution is 5.58. The summed E-state index contributed by atoms with van der Waals surface area (Å²) >= 11 is 0. The summed E-state index contributed by atoms with van der Waals surface area (Å²) in [6, 6.07) is 13.9. The van der Waals surface area contributed by atoms with Crippen LogP contribution in [0.1, 0.15) is 5.56 Å². The minimum Gasteiger partial charge on any atom is -0.380 e. The van der Waals surface area contributed by atoms with E-state index in [1.54, 1.807) is 7.11 Å². The Bertz CT molecular complexity index is 514. The van der Waals surface area contributed by atoms with Gasteiger partial charge in [-0.15, -0.1) is 0 Å². The van der Waals surface area contributed by atoms with Gasteiger partial charge in [-0.25, -0.2) is 4.98 Å². The van der Waals surface area contributed by atoms with Crippen molar-refractivity contribution in [2.45, 2.75) is 6.61 Å². The fourth-order valence-corrected chi connectivity index (χ4v) is 1.70. The summed E-state index contributed by atoms with van der Waals surface area (Å²) in [7, 11) is 3.55. The van der Waals surface area contributed by atoms with Crippen LogP contribution in [-0.2, 0) is 11.3 Å². The summed E-state index contributed by atoms with van der Waals surface area (Å²) in [5.74, 6) is 1.66. The summed E-state index contributed by atoms with van der Waals surface area (Å²) in [4.78, 5) is 4.41. The fraction of sp³-hybridized carbons (Fsp3) is 0.214. The van der Waals surface area contributed by atoms with Gasteiger partial charge in [0.15, 0.2) is 0 Å². The van der Waals surface area contributed by atoms with Crippen molar-refractivity contribution in [3.63, 3.8) is 0 Å².